The number of ether oxygens (including phenoxy) is 1. The van der Waals surface area contributed by atoms with Crippen molar-refractivity contribution in [1.82, 2.24) is 19.6 Å². The molecule has 0 aliphatic heterocycles. The van der Waals surface area contributed by atoms with Crippen molar-refractivity contribution >= 4 is 5.65 Å². The van der Waals surface area contributed by atoms with Crippen LogP contribution in [0.2, 0.25) is 0 Å². The van der Waals surface area contributed by atoms with Crippen LogP contribution in [0.25, 0.3) is 5.65 Å². The smallest absolute Gasteiger partial charge is 0.452 e. The number of allylic oxidation sites excluding steroid dienone is 6. The fraction of sp³-hybridized carbons (Fsp3) is 0.278. The summed E-state index contributed by atoms with van der Waals surface area (Å²) >= 11 is 0. The third-order valence-electron chi connectivity index (χ3n) is 4.21. The first-order valence-electron chi connectivity index (χ1n) is 8.21. The number of hydrogen-bond donors (Lipinski definition) is 0. The van der Waals surface area contributed by atoms with E-state index in [9.17, 15) is 13.2 Å². The molecule has 134 valence electrons. The molecule has 5 nitrogen and oxygen atoms in total. The van der Waals surface area contributed by atoms with Crippen LogP contribution < -0.4 is 0 Å². The maximum Gasteiger partial charge on any atom is 0.452 e. The monoisotopic (exact) mass is 360 g/mol. The molecule has 2 aliphatic rings. The van der Waals surface area contributed by atoms with E-state index in [1.807, 2.05) is 30.4 Å². The van der Waals surface area contributed by atoms with Gasteiger partial charge >= 0.3 is 6.18 Å². The zero-order valence-corrected chi connectivity index (χ0v) is 13.6. The summed E-state index contributed by atoms with van der Waals surface area (Å²) in [4.78, 5) is 4.23. The standard InChI is InChI=1S/C18H15F3N4O/c19-18(20,21)17-24-23-16-10-22-15(11-25(16)17)12-6-8-14(9-7-12)26-13-4-2-1-3-5-13/h2,4-6,8-12H,1,3,7H2. The van der Waals surface area contributed by atoms with E-state index < -0.39 is 12.0 Å². The van der Waals surface area contributed by atoms with Gasteiger partial charge in [0.05, 0.1) is 11.9 Å². The first kappa shape index (κ1) is 16.6. The van der Waals surface area contributed by atoms with E-state index in [4.69, 9.17) is 4.74 Å². The van der Waals surface area contributed by atoms with Gasteiger partial charge in [-0.15, -0.1) is 10.2 Å². The fourth-order valence-corrected chi connectivity index (χ4v) is 2.90. The SMILES string of the molecule is FC(F)(F)c1nnc2cnc(C3C=CC(OC4=CCCC=C4)=CC3)cn12. The predicted molar refractivity (Wildman–Crippen MR) is 87.9 cm³/mol. The summed E-state index contributed by atoms with van der Waals surface area (Å²) in [6.45, 7) is 0. The topological polar surface area (TPSA) is 52.3 Å². The molecule has 0 spiro atoms. The van der Waals surface area contributed by atoms with Crippen LogP contribution in [0.15, 0.2) is 60.4 Å². The average Bonchev–Trinajstić information content (AvgIpc) is 3.07. The van der Waals surface area contributed by atoms with Gasteiger partial charge < -0.3 is 4.74 Å². The zero-order chi connectivity index (χ0) is 18.1. The number of rotatable bonds is 3. The van der Waals surface area contributed by atoms with Crippen molar-refractivity contribution in [2.75, 3.05) is 0 Å². The summed E-state index contributed by atoms with van der Waals surface area (Å²) in [7, 11) is 0. The molecule has 2 aliphatic carbocycles. The third-order valence-corrected chi connectivity index (χ3v) is 4.21. The molecular weight excluding hydrogens is 345 g/mol. The van der Waals surface area contributed by atoms with E-state index in [0.717, 1.165) is 28.8 Å². The van der Waals surface area contributed by atoms with E-state index in [1.54, 1.807) is 0 Å². The molecule has 4 rings (SSSR count). The Labute approximate surface area is 147 Å². The molecule has 0 fully saturated rings. The normalized spacial score (nSPS) is 20.2. The Kier molecular flexibility index (Phi) is 4.10. The van der Waals surface area contributed by atoms with E-state index >= 15 is 0 Å². The van der Waals surface area contributed by atoms with Crippen LogP contribution in [0.5, 0.6) is 0 Å². The molecule has 0 aromatic carbocycles. The first-order valence-corrected chi connectivity index (χ1v) is 8.21. The largest absolute Gasteiger partial charge is 0.458 e. The van der Waals surface area contributed by atoms with Crippen molar-refractivity contribution < 1.29 is 17.9 Å². The second kappa shape index (κ2) is 6.44. The van der Waals surface area contributed by atoms with E-state index in [0.29, 0.717) is 12.1 Å². The summed E-state index contributed by atoms with van der Waals surface area (Å²) in [5.74, 6) is 0.350. The highest BCUT2D eigenvalue weighted by Crippen LogP contribution is 2.30. The number of alkyl halides is 3. The highest BCUT2D eigenvalue weighted by molar-refractivity contribution is 5.37. The van der Waals surface area contributed by atoms with Gasteiger partial charge in [0.1, 0.15) is 11.5 Å². The van der Waals surface area contributed by atoms with Crippen molar-refractivity contribution in [1.29, 1.82) is 0 Å². The molecule has 0 saturated heterocycles. The summed E-state index contributed by atoms with van der Waals surface area (Å²) < 4.78 is 45.7. The molecule has 26 heavy (non-hydrogen) atoms. The van der Waals surface area contributed by atoms with E-state index in [2.05, 4.69) is 21.3 Å². The van der Waals surface area contributed by atoms with Crippen molar-refractivity contribution in [3.8, 4) is 0 Å². The lowest BCUT2D eigenvalue weighted by Gasteiger charge is -2.17. The zero-order valence-electron chi connectivity index (χ0n) is 13.6. The number of halogens is 3. The quantitative estimate of drug-likeness (QED) is 0.818. The Morgan fingerprint density at radius 3 is 2.62 bits per heavy atom. The Morgan fingerprint density at radius 2 is 1.92 bits per heavy atom. The molecule has 0 radical (unpaired) electrons. The molecule has 0 amide bonds. The minimum atomic E-state index is -4.57. The highest BCUT2D eigenvalue weighted by atomic mass is 19.4. The van der Waals surface area contributed by atoms with Crippen LogP contribution in [0.4, 0.5) is 13.2 Å². The first-order chi connectivity index (χ1) is 12.5. The maximum absolute atomic E-state index is 13.0. The van der Waals surface area contributed by atoms with Crippen molar-refractivity contribution in [2.24, 2.45) is 0 Å². The van der Waals surface area contributed by atoms with Gasteiger partial charge in [0.15, 0.2) is 5.65 Å². The highest BCUT2D eigenvalue weighted by Gasteiger charge is 2.37. The van der Waals surface area contributed by atoms with Gasteiger partial charge in [0.2, 0.25) is 5.82 Å². The lowest BCUT2D eigenvalue weighted by Crippen LogP contribution is -2.12. The molecule has 1 atom stereocenters. The van der Waals surface area contributed by atoms with Crippen LogP contribution in [-0.2, 0) is 10.9 Å². The Bertz CT molecular complexity index is 953. The molecule has 0 saturated carbocycles. The molecular formula is C18H15F3N4O. The maximum atomic E-state index is 13.0. The van der Waals surface area contributed by atoms with Crippen molar-refractivity contribution in [3.63, 3.8) is 0 Å². The van der Waals surface area contributed by atoms with Gasteiger partial charge in [-0.25, -0.2) is 0 Å². The summed E-state index contributed by atoms with van der Waals surface area (Å²) in [6.07, 6.45) is 12.3. The fourth-order valence-electron chi connectivity index (χ4n) is 2.90. The number of nitrogens with zero attached hydrogens (tertiary/aromatic N) is 4. The summed E-state index contributed by atoms with van der Waals surface area (Å²) in [5.41, 5.74) is 0.586. The predicted octanol–water partition coefficient (Wildman–Crippen LogP) is 4.32. The van der Waals surface area contributed by atoms with Crippen LogP contribution in [-0.4, -0.2) is 19.6 Å². The Balaban J connectivity index is 1.53. The van der Waals surface area contributed by atoms with E-state index in [-0.39, 0.29) is 11.6 Å². The average molecular weight is 360 g/mol. The van der Waals surface area contributed by atoms with Gasteiger partial charge in [-0.2, -0.15) is 13.2 Å². The second-order valence-corrected chi connectivity index (χ2v) is 6.06. The number of aromatic nitrogens is 4. The van der Waals surface area contributed by atoms with Crippen LogP contribution in [0.1, 0.15) is 36.7 Å². The van der Waals surface area contributed by atoms with E-state index in [1.165, 1.54) is 12.4 Å². The second-order valence-electron chi connectivity index (χ2n) is 6.06. The number of fused-ring (bicyclic) bond motifs is 1. The molecule has 2 aromatic heterocycles. The van der Waals surface area contributed by atoms with Gasteiger partial charge in [-0.05, 0) is 43.6 Å². The van der Waals surface area contributed by atoms with Gasteiger partial charge in [-0.1, -0.05) is 12.2 Å². The third kappa shape index (κ3) is 3.26. The Hall–Kier alpha value is -2.90. The lowest BCUT2D eigenvalue weighted by atomic mass is 9.97. The summed E-state index contributed by atoms with van der Waals surface area (Å²) in [5, 5.41) is 6.73. The molecule has 1 unspecified atom stereocenters. The van der Waals surface area contributed by atoms with Gasteiger partial charge in [0.25, 0.3) is 0 Å². The van der Waals surface area contributed by atoms with Crippen molar-refractivity contribution in [2.45, 2.75) is 31.4 Å². The Morgan fingerprint density at radius 1 is 1.08 bits per heavy atom. The summed E-state index contributed by atoms with van der Waals surface area (Å²) in [6, 6.07) is 0. The minimum absolute atomic E-state index is 0.0662. The van der Waals surface area contributed by atoms with Crippen LogP contribution >= 0.6 is 0 Å². The lowest BCUT2D eigenvalue weighted by molar-refractivity contribution is -0.145. The van der Waals surface area contributed by atoms with Crippen LogP contribution in [0, 0.1) is 0 Å². The molecule has 2 heterocycles. The number of hydrogen-bond acceptors (Lipinski definition) is 4. The molecule has 8 heteroatoms. The molecule has 0 N–H and O–H groups in total. The van der Waals surface area contributed by atoms with Crippen molar-refractivity contribution in [3.05, 3.63) is 71.9 Å². The molecule has 0 bridgehead atoms. The van der Waals surface area contributed by atoms with Gasteiger partial charge in [0, 0.05) is 12.1 Å². The molecule has 2 aromatic rings. The van der Waals surface area contributed by atoms with Gasteiger partial charge in [-0.3, -0.25) is 9.38 Å². The minimum Gasteiger partial charge on any atom is -0.458 e. The van der Waals surface area contributed by atoms with Crippen LogP contribution in [0.3, 0.4) is 0 Å².